The molecule has 0 fully saturated rings. The predicted molar refractivity (Wildman–Crippen MR) is 71.9 cm³/mol. The maximum Gasteiger partial charge on any atom is 0.415 e. The third-order valence-electron chi connectivity index (χ3n) is 2.75. The summed E-state index contributed by atoms with van der Waals surface area (Å²) < 4.78 is 38.8. The summed E-state index contributed by atoms with van der Waals surface area (Å²) in [5.74, 6) is -1.40. The van der Waals surface area contributed by atoms with Crippen molar-refractivity contribution in [2.24, 2.45) is 5.73 Å². The molecule has 3 N–H and O–H groups in total. The fourth-order valence-corrected chi connectivity index (χ4v) is 2.28. The van der Waals surface area contributed by atoms with Gasteiger partial charge in [0.15, 0.2) is 5.54 Å². The molecule has 2 aromatic rings. The highest BCUT2D eigenvalue weighted by Crippen LogP contribution is 2.34. The Balaban J connectivity index is 2.40. The zero-order valence-electron chi connectivity index (χ0n) is 10.1. The lowest BCUT2D eigenvalue weighted by atomic mass is 10.0. The first kappa shape index (κ1) is 15.0. The van der Waals surface area contributed by atoms with Crippen molar-refractivity contribution < 1.29 is 18.0 Å². The smallest absolute Gasteiger partial charge is 0.321 e. The topological polar surface area (TPSA) is 68.0 Å². The van der Waals surface area contributed by atoms with Crippen LogP contribution in [0.5, 0.6) is 0 Å². The highest BCUT2D eigenvalue weighted by molar-refractivity contribution is 7.16. The molecule has 0 aliphatic heterocycles. The van der Waals surface area contributed by atoms with Crippen molar-refractivity contribution in [2.75, 3.05) is 5.32 Å². The molecule has 0 saturated carbocycles. The number of benzene rings is 1. The number of nitrogens with zero attached hydrogens (tertiary/aromatic N) is 1. The van der Waals surface area contributed by atoms with Crippen molar-refractivity contribution in [1.29, 1.82) is 0 Å². The number of amides is 1. The van der Waals surface area contributed by atoms with Crippen LogP contribution in [0.1, 0.15) is 6.92 Å². The Hall–Kier alpha value is -1.38. The van der Waals surface area contributed by atoms with Gasteiger partial charge in [0.25, 0.3) is 5.91 Å². The minimum absolute atomic E-state index is 0.0244. The van der Waals surface area contributed by atoms with E-state index in [0.717, 1.165) is 0 Å². The molecule has 1 aromatic carbocycles. The Bertz CT molecular complexity index is 668. The van der Waals surface area contributed by atoms with Crippen LogP contribution in [0.3, 0.4) is 0 Å². The van der Waals surface area contributed by atoms with Gasteiger partial charge in [0.1, 0.15) is 5.52 Å². The molecule has 1 heterocycles. The van der Waals surface area contributed by atoms with E-state index in [-0.39, 0.29) is 10.7 Å². The van der Waals surface area contributed by atoms with E-state index in [1.165, 1.54) is 22.9 Å². The lowest BCUT2D eigenvalue weighted by Gasteiger charge is -2.26. The quantitative estimate of drug-likeness (QED) is 0.892. The average Bonchev–Trinajstić information content (AvgIpc) is 2.79. The van der Waals surface area contributed by atoms with E-state index in [0.29, 0.717) is 17.1 Å². The van der Waals surface area contributed by atoms with Crippen molar-refractivity contribution in [3.05, 3.63) is 22.7 Å². The number of fused-ring (bicyclic) bond motifs is 1. The van der Waals surface area contributed by atoms with Crippen LogP contribution < -0.4 is 11.1 Å². The molecule has 0 spiro atoms. The first-order valence-electron chi connectivity index (χ1n) is 5.33. The number of rotatable bonds is 2. The van der Waals surface area contributed by atoms with Gasteiger partial charge in [0.05, 0.1) is 20.9 Å². The molecule has 4 nitrogen and oxygen atoms in total. The van der Waals surface area contributed by atoms with Crippen molar-refractivity contribution >= 4 is 44.7 Å². The number of thiazole rings is 1. The molecule has 20 heavy (non-hydrogen) atoms. The Morgan fingerprint density at radius 3 is 2.70 bits per heavy atom. The fraction of sp³-hybridized carbons (Fsp3) is 0.273. The maximum atomic E-state index is 12.7. The van der Waals surface area contributed by atoms with E-state index in [4.69, 9.17) is 17.3 Å². The van der Waals surface area contributed by atoms with E-state index in [1.54, 1.807) is 6.07 Å². The van der Waals surface area contributed by atoms with Gasteiger partial charge in [-0.05, 0) is 19.1 Å². The van der Waals surface area contributed by atoms with Gasteiger partial charge >= 0.3 is 6.18 Å². The summed E-state index contributed by atoms with van der Waals surface area (Å²) in [4.78, 5) is 15.7. The first-order chi connectivity index (χ1) is 9.14. The highest BCUT2D eigenvalue weighted by atomic mass is 35.5. The van der Waals surface area contributed by atoms with Crippen molar-refractivity contribution in [2.45, 2.75) is 18.6 Å². The molecule has 108 valence electrons. The second-order valence-electron chi connectivity index (χ2n) is 4.28. The monoisotopic (exact) mass is 323 g/mol. The zero-order chi connectivity index (χ0) is 15.1. The molecular formula is C11H9ClF3N3OS. The number of halogens is 4. The Labute approximate surface area is 120 Å². The van der Waals surface area contributed by atoms with Gasteiger partial charge in [-0.15, -0.1) is 11.3 Å². The van der Waals surface area contributed by atoms with Gasteiger partial charge < -0.3 is 11.1 Å². The third kappa shape index (κ3) is 2.46. The fourth-order valence-electron chi connectivity index (χ4n) is 1.40. The molecule has 0 aliphatic carbocycles. The Morgan fingerprint density at radius 2 is 2.10 bits per heavy atom. The van der Waals surface area contributed by atoms with E-state index < -0.39 is 17.6 Å². The Morgan fingerprint density at radius 1 is 1.45 bits per heavy atom. The van der Waals surface area contributed by atoms with Crippen molar-refractivity contribution in [3.8, 4) is 0 Å². The summed E-state index contributed by atoms with van der Waals surface area (Å²) in [5, 5.41) is 2.21. The molecule has 0 bridgehead atoms. The van der Waals surface area contributed by atoms with E-state index in [2.05, 4.69) is 10.3 Å². The first-order valence-corrected chi connectivity index (χ1v) is 6.59. The van der Waals surface area contributed by atoms with Gasteiger partial charge in [-0.2, -0.15) is 13.2 Å². The number of alkyl halides is 3. The van der Waals surface area contributed by atoms with Crippen molar-refractivity contribution in [1.82, 2.24) is 4.98 Å². The normalized spacial score (nSPS) is 15.1. The van der Waals surface area contributed by atoms with E-state index in [1.807, 2.05) is 0 Å². The molecule has 0 saturated heterocycles. The number of carbonyl (C=O) groups excluding carboxylic acids is 1. The predicted octanol–water partition coefficient (Wildman–Crippen LogP) is 3.17. The summed E-state index contributed by atoms with van der Waals surface area (Å²) in [5.41, 5.74) is 3.89. The van der Waals surface area contributed by atoms with Crippen LogP contribution >= 0.6 is 22.9 Å². The van der Waals surface area contributed by atoms with Gasteiger partial charge in [-0.1, -0.05) is 11.6 Å². The SMILES string of the molecule is CC(N)(C(=O)Nc1c(Cl)ccc2scnc12)C(F)(F)F. The summed E-state index contributed by atoms with van der Waals surface area (Å²) in [6, 6.07) is 3.13. The van der Waals surface area contributed by atoms with Crippen LogP contribution in [0.15, 0.2) is 17.6 Å². The molecule has 1 atom stereocenters. The van der Waals surface area contributed by atoms with Crippen LogP contribution in [0, 0.1) is 0 Å². The lowest BCUT2D eigenvalue weighted by Crippen LogP contribution is -2.59. The largest absolute Gasteiger partial charge is 0.415 e. The summed E-state index contributed by atoms with van der Waals surface area (Å²) in [6.45, 7) is 0.595. The van der Waals surface area contributed by atoms with E-state index >= 15 is 0 Å². The summed E-state index contributed by atoms with van der Waals surface area (Å²) in [7, 11) is 0. The van der Waals surface area contributed by atoms with Crippen LogP contribution in [-0.4, -0.2) is 22.6 Å². The van der Waals surface area contributed by atoms with Gasteiger partial charge in [0, 0.05) is 0 Å². The minimum atomic E-state index is -4.88. The second kappa shape index (κ2) is 4.87. The minimum Gasteiger partial charge on any atom is -0.321 e. The molecule has 0 radical (unpaired) electrons. The molecule has 1 amide bonds. The number of anilines is 1. The van der Waals surface area contributed by atoms with Crippen LogP contribution in [0.4, 0.5) is 18.9 Å². The van der Waals surface area contributed by atoms with Crippen LogP contribution in [0.25, 0.3) is 10.2 Å². The van der Waals surface area contributed by atoms with Crippen molar-refractivity contribution in [3.63, 3.8) is 0 Å². The number of aromatic nitrogens is 1. The number of hydrogen-bond acceptors (Lipinski definition) is 4. The summed E-state index contributed by atoms with van der Waals surface area (Å²) in [6.07, 6.45) is -4.88. The van der Waals surface area contributed by atoms with Crippen LogP contribution in [-0.2, 0) is 4.79 Å². The molecule has 0 aliphatic rings. The summed E-state index contributed by atoms with van der Waals surface area (Å²) >= 11 is 7.17. The maximum absolute atomic E-state index is 12.7. The molecule has 2 rings (SSSR count). The Kier molecular flexibility index (Phi) is 3.66. The standard InChI is InChI=1S/C11H9ClF3N3OS/c1-10(16,11(13,14)15)9(19)18-7-5(12)2-3-6-8(7)17-4-20-6/h2-4H,16H2,1H3,(H,18,19). The molecular weight excluding hydrogens is 315 g/mol. The molecule has 1 unspecified atom stereocenters. The average molecular weight is 324 g/mol. The van der Waals surface area contributed by atoms with Gasteiger partial charge in [-0.25, -0.2) is 4.98 Å². The van der Waals surface area contributed by atoms with Gasteiger partial charge in [-0.3, -0.25) is 4.79 Å². The second-order valence-corrected chi connectivity index (χ2v) is 5.57. The van der Waals surface area contributed by atoms with E-state index in [9.17, 15) is 18.0 Å². The third-order valence-corrected chi connectivity index (χ3v) is 3.86. The zero-order valence-corrected chi connectivity index (χ0v) is 11.7. The number of nitrogens with one attached hydrogen (secondary N) is 1. The number of nitrogens with two attached hydrogens (primary N) is 1. The molecule has 9 heteroatoms. The number of carbonyl (C=O) groups is 1. The molecule has 1 aromatic heterocycles. The highest BCUT2D eigenvalue weighted by Gasteiger charge is 2.54. The van der Waals surface area contributed by atoms with Crippen LogP contribution in [0.2, 0.25) is 5.02 Å². The van der Waals surface area contributed by atoms with Gasteiger partial charge in [0.2, 0.25) is 0 Å². The number of hydrogen-bond donors (Lipinski definition) is 2. The lowest BCUT2D eigenvalue weighted by molar-refractivity contribution is -0.184.